The van der Waals surface area contributed by atoms with E-state index < -0.39 is 29.7 Å². The lowest BCUT2D eigenvalue weighted by Crippen LogP contribution is -2.13. The Morgan fingerprint density at radius 2 is 1.92 bits per heavy atom. The number of anilines is 3. The van der Waals surface area contributed by atoms with E-state index in [4.69, 9.17) is 11.0 Å². The van der Waals surface area contributed by atoms with Gasteiger partial charge in [0.15, 0.2) is 0 Å². The van der Waals surface area contributed by atoms with Crippen LogP contribution in [0, 0.1) is 20.8 Å². The maximum Gasteiger partial charge on any atom is 0.255 e. The van der Waals surface area contributed by atoms with Crippen molar-refractivity contribution in [2.45, 2.75) is 20.8 Å². The molecule has 1 amide bonds. The van der Waals surface area contributed by atoms with Gasteiger partial charge in [0.1, 0.15) is 0 Å². The number of nitrogens with one attached hydrogen (secondary N) is 2. The van der Waals surface area contributed by atoms with Crippen LogP contribution < -0.4 is 10.6 Å². The molecule has 0 bridgehead atoms. The number of carbonyl (C=O) groups excluding carboxylic acids is 1. The van der Waals surface area contributed by atoms with Crippen molar-refractivity contribution in [3.8, 4) is 16.9 Å². The summed E-state index contributed by atoms with van der Waals surface area (Å²) >= 11 is 0. The van der Waals surface area contributed by atoms with Gasteiger partial charge >= 0.3 is 0 Å². The number of aromatic nitrogens is 4. The maximum absolute atomic E-state index is 13.6. The second kappa shape index (κ2) is 9.84. The zero-order valence-electron chi connectivity index (χ0n) is 27.7. The number of carbonyl (C=O) groups is 1. The molecule has 36 heavy (non-hydrogen) atoms. The summed E-state index contributed by atoms with van der Waals surface area (Å²) in [6.07, 6.45) is 6.00. The molecule has 2 aromatic carbocycles. The van der Waals surface area contributed by atoms with Crippen molar-refractivity contribution in [2.24, 2.45) is 0 Å². The molecule has 3 heterocycles. The molecule has 5 aromatic rings. The van der Waals surface area contributed by atoms with Gasteiger partial charge in [-0.15, -0.1) is 0 Å². The minimum absolute atomic E-state index is 0.0515. The van der Waals surface area contributed by atoms with Crippen molar-refractivity contribution < 1.29 is 15.8 Å². The fraction of sp³-hybridized carbons (Fsp3) is 0.103. The van der Waals surface area contributed by atoms with Crippen molar-refractivity contribution in [1.82, 2.24) is 19.5 Å². The molecule has 2 N–H and O–H groups in total. The molecule has 0 unspecified atom stereocenters. The Morgan fingerprint density at radius 3 is 2.69 bits per heavy atom. The van der Waals surface area contributed by atoms with Crippen LogP contribution in [0.3, 0.4) is 0 Å². The van der Waals surface area contributed by atoms with Crippen LogP contribution in [0.2, 0.25) is 0 Å². The molecule has 178 valence electrons. The lowest BCUT2D eigenvalue weighted by molar-refractivity contribution is 0.102. The Bertz CT molecular complexity index is 1960. The fourth-order valence-corrected chi connectivity index (χ4v) is 3.39. The molecule has 5 rings (SSSR count). The van der Waals surface area contributed by atoms with Crippen LogP contribution in [0.1, 0.15) is 38.0 Å². The highest BCUT2D eigenvalue weighted by atomic mass is 16.1. The number of hydrogen-bond acceptors (Lipinski definition) is 5. The fourth-order valence-electron chi connectivity index (χ4n) is 3.39. The van der Waals surface area contributed by atoms with E-state index in [-0.39, 0.29) is 70.0 Å². The highest BCUT2D eigenvalue weighted by Crippen LogP contribution is 2.24. The summed E-state index contributed by atoms with van der Waals surface area (Å²) in [5.41, 5.74) is 1.19. The molecule has 0 fully saturated rings. The minimum atomic E-state index is -0.995. The van der Waals surface area contributed by atoms with E-state index in [2.05, 4.69) is 25.6 Å². The highest BCUT2D eigenvalue weighted by molar-refractivity contribution is 6.05. The SMILES string of the molecule is [2H]c1nc(Nc2c([2H])c(C(=O)Nc3c([2H])c(C)c([2H])c(-n4ccc(C)c4)c3[2H])c([2H])c([2H])c2C)nc(-c2cccnc2)c1[2H]. The first-order valence-electron chi connectivity index (χ1n) is 15.0. The van der Waals surface area contributed by atoms with Crippen molar-refractivity contribution in [3.63, 3.8) is 0 Å². The van der Waals surface area contributed by atoms with Gasteiger partial charge < -0.3 is 15.2 Å². The van der Waals surface area contributed by atoms with Gasteiger partial charge in [-0.2, -0.15) is 0 Å². The van der Waals surface area contributed by atoms with E-state index in [9.17, 15) is 4.79 Å². The second-order valence-corrected chi connectivity index (χ2v) is 8.02. The van der Waals surface area contributed by atoms with Gasteiger partial charge in [0, 0.05) is 59.1 Å². The molecule has 0 atom stereocenters. The summed E-state index contributed by atoms with van der Waals surface area (Å²) in [6, 6.07) is 2.89. The quantitative estimate of drug-likeness (QED) is 0.299. The summed E-state index contributed by atoms with van der Waals surface area (Å²) in [6.45, 7) is 4.86. The third-order valence-electron chi connectivity index (χ3n) is 5.15. The molecule has 0 saturated heterocycles. The Hall–Kier alpha value is -4.78. The highest BCUT2D eigenvalue weighted by Gasteiger charge is 2.12. The van der Waals surface area contributed by atoms with Crippen LogP contribution in [-0.2, 0) is 0 Å². The topological polar surface area (TPSA) is 84.7 Å². The molecule has 3 aromatic heterocycles. The lowest BCUT2D eigenvalue weighted by atomic mass is 10.1. The standard InChI is InChI=1S/C29H26N6O/c1-19-9-12-35(18-19)25-14-20(2)13-24(16-25)32-28(36)22-7-6-21(3)27(15-22)34-29-31-11-8-26(33-29)23-5-4-10-30-17-23/h4-18H,1-3H3,(H,32,36)(H,31,33,34)/i6D,7D,8D,11D,13D,14D,15D,16D. The lowest BCUT2D eigenvalue weighted by Gasteiger charge is -2.13. The van der Waals surface area contributed by atoms with Crippen LogP contribution >= 0.6 is 0 Å². The van der Waals surface area contributed by atoms with E-state index in [0.29, 0.717) is 5.56 Å². The third-order valence-corrected chi connectivity index (χ3v) is 5.15. The number of amides is 1. The van der Waals surface area contributed by atoms with Crippen molar-refractivity contribution in [3.05, 3.63) is 114 Å². The van der Waals surface area contributed by atoms with Crippen LogP contribution in [-0.4, -0.2) is 25.4 Å². The number of rotatable bonds is 6. The van der Waals surface area contributed by atoms with Crippen molar-refractivity contribution in [1.29, 1.82) is 0 Å². The predicted molar refractivity (Wildman–Crippen MR) is 143 cm³/mol. The zero-order chi connectivity index (χ0) is 32.0. The number of aryl methyl sites for hydroxylation is 1. The average Bonchev–Trinajstić information content (AvgIpc) is 3.43. The summed E-state index contributed by atoms with van der Waals surface area (Å²) in [4.78, 5) is 26.0. The number of hydrogen-bond donors (Lipinski definition) is 2. The first-order valence-corrected chi connectivity index (χ1v) is 11.0. The monoisotopic (exact) mass is 482 g/mol. The minimum Gasteiger partial charge on any atom is -0.324 e. The smallest absolute Gasteiger partial charge is 0.255 e. The second-order valence-electron chi connectivity index (χ2n) is 8.02. The van der Waals surface area contributed by atoms with Gasteiger partial charge in [0.25, 0.3) is 5.91 Å². The molecule has 0 aliphatic carbocycles. The van der Waals surface area contributed by atoms with Crippen LogP contribution in [0.15, 0.2) is 91.5 Å². The molecule has 7 nitrogen and oxygen atoms in total. The summed E-state index contributed by atoms with van der Waals surface area (Å²) in [7, 11) is 0. The first kappa shape index (κ1) is 15.3. The average molecular weight is 483 g/mol. The number of pyridine rings is 1. The largest absolute Gasteiger partial charge is 0.324 e. The van der Waals surface area contributed by atoms with Gasteiger partial charge in [-0.1, -0.05) is 6.04 Å². The van der Waals surface area contributed by atoms with Gasteiger partial charge in [-0.05, 0) is 91.9 Å². The van der Waals surface area contributed by atoms with Crippen molar-refractivity contribution in [2.75, 3.05) is 10.6 Å². The Kier molecular flexibility index (Phi) is 4.17. The van der Waals surface area contributed by atoms with Crippen LogP contribution in [0.4, 0.5) is 17.3 Å². The van der Waals surface area contributed by atoms with E-state index in [1.165, 1.54) is 20.0 Å². The van der Waals surface area contributed by atoms with Crippen molar-refractivity contribution >= 4 is 23.2 Å². The van der Waals surface area contributed by atoms with Gasteiger partial charge in [-0.3, -0.25) is 9.78 Å². The molecular weight excluding hydrogens is 448 g/mol. The van der Waals surface area contributed by atoms with E-state index in [0.717, 1.165) is 5.56 Å². The van der Waals surface area contributed by atoms with E-state index >= 15 is 0 Å². The first-order chi connectivity index (χ1) is 20.8. The van der Waals surface area contributed by atoms with Gasteiger partial charge in [0.05, 0.1) is 16.7 Å². The molecule has 0 spiro atoms. The van der Waals surface area contributed by atoms with Gasteiger partial charge in [-0.25, -0.2) is 9.97 Å². The van der Waals surface area contributed by atoms with Crippen LogP contribution in [0.25, 0.3) is 16.9 Å². The Morgan fingerprint density at radius 1 is 1.03 bits per heavy atom. The Labute approximate surface area is 221 Å². The normalized spacial score (nSPS) is 13.9. The third kappa shape index (κ3) is 5.15. The molecule has 0 aliphatic rings. The maximum atomic E-state index is 13.6. The summed E-state index contributed by atoms with van der Waals surface area (Å²) < 4.78 is 69.6. The van der Waals surface area contributed by atoms with E-state index in [1.54, 1.807) is 41.4 Å². The summed E-state index contributed by atoms with van der Waals surface area (Å²) in [5.74, 6) is -1.16. The predicted octanol–water partition coefficient (Wildman–Crippen LogP) is 6.25. The van der Waals surface area contributed by atoms with Crippen LogP contribution in [0.5, 0.6) is 0 Å². The molecular formula is C29H26N6O. The zero-order valence-corrected chi connectivity index (χ0v) is 19.7. The molecule has 0 aliphatic heterocycles. The van der Waals surface area contributed by atoms with E-state index in [1.807, 2.05) is 6.92 Å². The Balaban J connectivity index is 1.58. The summed E-state index contributed by atoms with van der Waals surface area (Å²) in [5, 5.41) is 5.29. The molecule has 0 saturated carbocycles. The number of nitrogens with zero attached hydrogens (tertiary/aromatic N) is 4. The molecule has 7 heteroatoms. The van der Waals surface area contributed by atoms with Gasteiger partial charge in [0.2, 0.25) is 5.95 Å². The number of benzene rings is 2. The molecule has 0 radical (unpaired) electrons.